The third-order valence-electron chi connectivity index (χ3n) is 3.28. The van der Waals surface area contributed by atoms with Crippen LogP contribution in [0.3, 0.4) is 0 Å². The molecule has 2 rings (SSSR count). The molecule has 9 heteroatoms. The number of amides is 1. The van der Waals surface area contributed by atoms with Crippen LogP contribution in [0.5, 0.6) is 0 Å². The summed E-state index contributed by atoms with van der Waals surface area (Å²) in [6.45, 7) is 1.83. The fourth-order valence-corrected chi connectivity index (χ4v) is 3.53. The molecule has 2 N–H and O–H groups in total. The number of nitrogens with one attached hydrogen (secondary N) is 2. The van der Waals surface area contributed by atoms with Gasteiger partial charge in [0.1, 0.15) is 17.3 Å². The van der Waals surface area contributed by atoms with E-state index in [0.717, 1.165) is 12.1 Å². The molecule has 0 unspecified atom stereocenters. The van der Waals surface area contributed by atoms with E-state index < -0.39 is 39.0 Å². The highest BCUT2D eigenvalue weighted by Crippen LogP contribution is 2.18. The van der Waals surface area contributed by atoms with Crippen LogP contribution < -0.4 is 10.6 Å². The van der Waals surface area contributed by atoms with Gasteiger partial charge in [-0.3, -0.25) is 4.79 Å². The minimum Gasteiger partial charge on any atom is -0.321 e. The van der Waals surface area contributed by atoms with Gasteiger partial charge in [-0.15, -0.1) is 0 Å². The van der Waals surface area contributed by atoms with Crippen molar-refractivity contribution in [3.63, 3.8) is 0 Å². The van der Waals surface area contributed by atoms with E-state index in [0.29, 0.717) is 26.2 Å². The van der Waals surface area contributed by atoms with Crippen LogP contribution in [0.25, 0.3) is 0 Å². The Morgan fingerprint density at radius 2 is 1.82 bits per heavy atom. The first-order valence-electron chi connectivity index (χ1n) is 6.82. The van der Waals surface area contributed by atoms with Crippen LogP contribution in [-0.2, 0) is 14.8 Å². The molecule has 0 bridgehead atoms. The Kier molecular flexibility index (Phi) is 5.43. The van der Waals surface area contributed by atoms with E-state index in [1.54, 1.807) is 0 Å². The molecule has 0 atom stereocenters. The van der Waals surface area contributed by atoms with Crippen LogP contribution in [0.15, 0.2) is 18.2 Å². The van der Waals surface area contributed by atoms with Gasteiger partial charge in [-0.1, -0.05) is 6.07 Å². The number of piperazine rings is 1. The molecule has 1 aliphatic heterocycles. The number of carbonyl (C=O) groups is 1. The van der Waals surface area contributed by atoms with E-state index in [9.17, 15) is 22.0 Å². The molecule has 6 nitrogen and oxygen atoms in total. The lowest BCUT2D eigenvalue weighted by atomic mass is 10.3. The Labute approximate surface area is 127 Å². The molecule has 1 aliphatic rings. The zero-order chi connectivity index (χ0) is 16.2. The smallest absolute Gasteiger partial charge is 0.225 e. The van der Waals surface area contributed by atoms with E-state index in [4.69, 9.17) is 0 Å². The molecule has 1 heterocycles. The van der Waals surface area contributed by atoms with Gasteiger partial charge in [-0.25, -0.2) is 17.2 Å². The first kappa shape index (κ1) is 16.8. The largest absolute Gasteiger partial charge is 0.321 e. The van der Waals surface area contributed by atoms with E-state index >= 15 is 0 Å². The molecule has 122 valence electrons. The molecule has 0 radical (unpaired) electrons. The lowest BCUT2D eigenvalue weighted by Gasteiger charge is -2.26. The highest BCUT2D eigenvalue weighted by molar-refractivity contribution is 7.89. The lowest BCUT2D eigenvalue weighted by Crippen LogP contribution is -2.47. The summed E-state index contributed by atoms with van der Waals surface area (Å²) in [5.41, 5.74) is -0.563. The van der Waals surface area contributed by atoms with Crippen molar-refractivity contribution in [1.82, 2.24) is 9.62 Å². The SMILES string of the molecule is O=C(CCS(=O)(=O)N1CCNCC1)Nc1c(F)cccc1F. The Bertz CT molecular complexity index is 626. The van der Waals surface area contributed by atoms with Gasteiger partial charge < -0.3 is 10.6 Å². The van der Waals surface area contributed by atoms with Gasteiger partial charge in [-0.05, 0) is 12.1 Å². The third-order valence-corrected chi connectivity index (χ3v) is 5.16. The summed E-state index contributed by atoms with van der Waals surface area (Å²) in [5.74, 6) is -2.95. The summed E-state index contributed by atoms with van der Waals surface area (Å²) < 4.78 is 52.2. The molecular weight excluding hydrogens is 316 g/mol. The standard InChI is InChI=1S/C13H17F2N3O3S/c14-10-2-1-3-11(15)13(10)17-12(19)4-9-22(20,21)18-7-5-16-6-8-18/h1-3,16H,4-9H2,(H,17,19). The Morgan fingerprint density at radius 1 is 1.23 bits per heavy atom. The van der Waals surface area contributed by atoms with Crippen molar-refractivity contribution < 1.29 is 22.0 Å². The van der Waals surface area contributed by atoms with Crippen LogP contribution in [0.1, 0.15) is 6.42 Å². The molecule has 1 saturated heterocycles. The number of halogens is 2. The number of anilines is 1. The number of sulfonamides is 1. The number of benzene rings is 1. The number of hydrogen-bond acceptors (Lipinski definition) is 4. The highest BCUT2D eigenvalue weighted by atomic mass is 32.2. The van der Waals surface area contributed by atoms with Crippen molar-refractivity contribution in [2.45, 2.75) is 6.42 Å². The summed E-state index contributed by atoms with van der Waals surface area (Å²) >= 11 is 0. The zero-order valence-corrected chi connectivity index (χ0v) is 12.6. The van der Waals surface area contributed by atoms with Crippen molar-refractivity contribution in [3.05, 3.63) is 29.8 Å². The maximum absolute atomic E-state index is 13.4. The van der Waals surface area contributed by atoms with Gasteiger partial charge in [-0.2, -0.15) is 4.31 Å². The molecule has 1 fully saturated rings. The second-order valence-electron chi connectivity index (χ2n) is 4.86. The van der Waals surface area contributed by atoms with Gasteiger partial charge in [0.05, 0.1) is 5.75 Å². The quantitative estimate of drug-likeness (QED) is 0.824. The average molecular weight is 333 g/mol. The predicted octanol–water partition coefficient (Wildman–Crippen LogP) is 0.528. The molecule has 1 aromatic carbocycles. The maximum atomic E-state index is 13.4. The summed E-state index contributed by atoms with van der Waals surface area (Å²) in [6, 6.07) is 3.20. The lowest BCUT2D eigenvalue weighted by molar-refractivity contribution is -0.115. The minimum atomic E-state index is -3.55. The van der Waals surface area contributed by atoms with Gasteiger partial charge in [0, 0.05) is 32.6 Å². The monoisotopic (exact) mass is 333 g/mol. The number of para-hydroxylation sites is 1. The number of carbonyl (C=O) groups excluding carboxylic acids is 1. The summed E-state index contributed by atoms with van der Waals surface area (Å²) in [7, 11) is -3.55. The molecule has 22 heavy (non-hydrogen) atoms. The first-order chi connectivity index (χ1) is 10.4. The highest BCUT2D eigenvalue weighted by Gasteiger charge is 2.24. The fraction of sp³-hybridized carbons (Fsp3) is 0.462. The molecule has 0 spiro atoms. The predicted molar refractivity (Wildman–Crippen MR) is 77.8 cm³/mol. The fourth-order valence-electron chi connectivity index (χ4n) is 2.09. The third kappa shape index (κ3) is 4.21. The second kappa shape index (κ2) is 7.12. The van der Waals surface area contributed by atoms with E-state index in [-0.39, 0.29) is 6.42 Å². The van der Waals surface area contributed by atoms with Gasteiger partial charge in [0.15, 0.2) is 0 Å². The number of rotatable bonds is 5. The summed E-state index contributed by atoms with van der Waals surface area (Å²) in [4.78, 5) is 11.7. The number of hydrogen-bond donors (Lipinski definition) is 2. The van der Waals surface area contributed by atoms with Crippen molar-refractivity contribution in [3.8, 4) is 0 Å². The molecule has 1 aromatic rings. The molecule has 0 aromatic heterocycles. The van der Waals surface area contributed by atoms with Crippen molar-refractivity contribution in [2.75, 3.05) is 37.2 Å². The number of nitrogens with zero attached hydrogens (tertiary/aromatic N) is 1. The maximum Gasteiger partial charge on any atom is 0.225 e. The van der Waals surface area contributed by atoms with Crippen LogP contribution in [0, 0.1) is 11.6 Å². The molecule has 0 aliphatic carbocycles. The minimum absolute atomic E-state index is 0.353. The molecule has 0 saturated carbocycles. The normalized spacial score (nSPS) is 16.5. The van der Waals surface area contributed by atoms with Crippen molar-refractivity contribution in [2.24, 2.45) is 0 Å². The van der Waals surface area contributed by atoms with Gasteiger partial charge in [0.2, 0.25) is 15.9 Å². The Morgan fingerprint density at radius 3 is 2.41 bits per heavy atom. The topological polar surface area (TPSA) is 78.5 Å². The van der Waals surface area contributed by atoms with E-state index in [1.165, 1.54) is 10.4 Å². The summed E-state index contributed by atoms with van der Waals surface area (Å²) in [6.07, 6.45) is -0.361. The van der Waals surface area contributed by atoms with Crippen LogP contribution >= 0.6 is 0 Å². The molecular formula is C13H17F2N3O3S. The van der Waals surface area contributed by atoms with Crippen LogP contribution in [-0.4, -0.2) is 50.6 Å². The molecule has 1 amide bonds. The second-order valence-corrected chi connectivity index (χ2v) is 6.95. The van der Waals surface area contributed by atoms with E-state index in [1.807, 2.05) is 0 Å². The van der Waals surface area contributed by atoms with Crippen LogP contribution in [0.2, 0.25) is 0 Å². The van der Waals surface area contributed by atoms with Crippen molar-refractivity contribution >= 4 is 21.6 Å². The zero-order valence-electron chi connectivity index (χ0n) is 11.8. The first-order valence-corrected chi connectivity index (χ1v) is 8.43. The van der Waals surface area contributed by atoms with Crippen LogP contribution in [0.4, 0.5) is 14.5 Å². The van der Waals surface area contributed by atoms with E-state index in [2.05, 4.69) is 10.6 Å². The van der Waals surface area contributed by atoms with Crippen molar-refractivity contribution in [1.29, 1.82) is 0 Å². The average Bonchev–Trinajstić information content (AvgIpc) is 2.50. The summed E-state index contributed by atoms with van der Waals surface area (Å²) in [5, 5.41) is 5.10. The van der Waals surface area contributed by atoms with Gasteiger partial charge >= 0.3 is 0 Å². The Hall–Kier alpha value is -1.58. The Balaban J connectivity index is 1.92. The van der Waals surface area contributed by atoms with Gasteiger partial charge in [0.25, 0.3) is 0 Å².